The van der Waals surface area contributed by atoms with E-state index in [1.807, 2.05) is 0 Å². The van der Waals surface area contributed by atoms with Crippen LogP contribution in [-0.2, 0) is 38.4 Å². The number of aliphatic hydroxyl groups is 2. The lowest BCUT2D eigenvalue weighted by Gasteiger charge is -1.74. The predicted molar refractivity (Wildman–Crippen MR) is 112 cm³/mol. The molecule has 0 aliphatic rings. The van der Waals surface area contributed by atoms with Crippen molar-refractivity contribution in [1.29, 1.82) is 0 Å². The second kappa shape index (κ2) is 29.6. The Hall–Kier alpha value is -5.36. The average molecular weight is 526 g/mol. The molecule has 0 radical (unpaired) electrons. The highest BCUT2D eigenvalue weighted by atomic mass is 16.4. The standard InChI is InChI=1S/4C4H4O4.C2H6O2/c4*5-3(6)1-2-4(7)8;3-1-2-4/h4*1-2H,(H,5,6)(H,7,8);3-4H,1-2H2/b4*2-1-;. The van der Waals surface area contributed by atoms with Crippen LogP contribution in [-0.4, -0.2) is 112 Å². The van der Waals surface area contributed by atoms with Gasteiger partial charge in [-0.1, -0.05) is 0 Å². The van der Waals surface area contributed by atoms with Crippen LogP contribution in [0.1, 0.15) is 0 Å². The molecule has 0 atom stereocenters. The van der Waals surface area contributed by atoms with Crippen molar-refractivity contribution in [1.82, 2.24) is 0 Å². The minimum atomic E-state index is -1.26. The Bertz CT molecular complexity index is 644. The SMILES string of the molecule is O=C(O)/C=C\C(=O)O.O=C(O)/C=C\C(=O)O.O=C(O)/C=C\C(=O)O.O=C(O)/C=C\C(=O)O.OCCO. The molecule has 0 aromatic carbocycles. The van der Waals surface area contributed by atoms with Gasteiger partial charge in [-0.2, -0.15) is 0 Å². The molecule has 0 amide bonds. The number of rotatable bonds is 9. The van der Waals surface area contributed by atoms with E-state index in [9.17, 15) is 38.4 Å². The van der Waals surface area contributed by atoms with E-state index in [0.29, 0.717) is 48.6 Å². The van der Waals surface area contributed by atoms with Crippen molar-refractivity contribution in [3.8, 4) is 0 Å². The number of hydrogen-bond donors (Lipinski definition) is 10. The molecule has 0 heterocycles. The molecule has 0 fully saturated rings. The van der Waals surface area contributed by atoms with Crippen LogP contribution in [0.4, 0.5) is 0 Å². The zero-order valence-corrected chi connectivity index (χ0v) is 17.8. The summed E-state index contributed by atoms with van der Waals surface area (Å²) in [6.07, 6.45) is 4.46. The molecule has 0 aliphatic carbocycles. The fourth-order valence-corrected chi connectivity index (χ4v) is 0.570. The van der Waals surface area contributed by atoms with Gasteiger partial charge in [-0.05, 0) is 0 Å². The van der Waals surface area contributed by atoms with E-state index in [4.69, 9.17) is 51.1 Å². The largest absolute Gasteiger partial charge is 0.478 e. The van der Waals surface area contributed by atoms with E-state index in [0.717, 1.165) is 0 Å². The first-order valence-electron chi connectivity index (χ1n) is 8.20. The van der Waals surface area contributed by atoms with Gasteiger partial charge >= 0.3 is 47.8 Å². The van der Waals surface area contributed by atoms with Crippen LogP contribution >= 0.6 is 0 Å². The summed E-state index contributed by atoms with van der Waals surface area (Å²) in [6, 6.07) is 0. The molecular weight excluding hydrogens is 504 g/mol. The fourth-order valence-electron chi connectivity index (χ4n) is 0.570. The normalized spacial score (nSPS) is 9.28. The summed E-state index contributed by atoms with van der Waals surface area (Å²) >= 11 is 0. The maximum atomic E-state index is 9.55. The number of carboxylic acid groups (broad SMARTS) is 8. The highest BCUT2D eigenvalue weighted by molar-refractivity contribution is 5.91. The first kappa shape index (κ1) is 40.9. The first-order valence-corrected chi connectivity index (χ1v) is 8.20. The van der Waals surface area contributed by atoms with Gasteiger partial charge in [-0.15, -0.1) is 0 Å². The smallest absolute Gasteiger partial charge is 0.328 e. The fraction of sp³-hybridized carbons (Fsp3) is 0.111. The minimum Gasteiger partial charge on any atom is -0.478 e. The molecule has 0 saturated heterocycles. The highest BCUT2D eigenvalue weighted by Crippen LogP contribution is 1.72. The number of hydrogen-bond acceptors (Lipinski definition) is 10. The van der Waals surface area contributed by atoms with Crippen molar-refractivity contribution in [2.24, 2.45) is 0 Å². The Balaban J connectivity index is -0.000000113. The molecule has 0 spiro atoms. The summed E-state index contributed by atoms with van der Waals surface area (Å²) in [7, 11) is 0. The quantitative estimate of drug-likeness (QED) is 0.143. The summed E-state index contributed by atoms with van der Waals surface area (Å²) < 4.78 is 0. The Labute approximate surface area is 199 Å². The summed E-state index contributed by atoms with van der Waals surface area (Å²) in [4.78, 5) is 76.4. The highest BCUT2D eigenvalue weighted by Gasteiger charge is 1.90. The molecule has 0 rings (SSSR count). The summed E-state index contributed by atoms with van der Waals surface area (Å²) in [5, 5.41) is 77.7. The third-order valence-electron chi connectivity index (χ3n) is 1.57. The van der Waals surface area contributed by atoms with E-state index < -0.39 is 47.8 Å². The van der Waals surface area contributed by atoms with Gasteiger partial charge in [0.1, 0.15) is 0 Å². The van der Waals surface area contributed by atoms with Crippen molar-refractivity contribution in [2.45, 2.75) is 0 Å². The molecule has 0 unspecified atom stereocenters. The monoisotopic (exact) mass is 526 g/mol. The zero-order valence-electron chi connectivity index (χ0n) is 17.8. The zero-order chi connectivity index (χ0) is 29.7. The van der Waals surface area contributed by atoms with Gasteiger partial charge in [-0.25, -0.2) is 38.4 Å². The Kier molecular flexibility index (Phi) is 33.7. The average Bonchev–Trinajstić information content (AvgIpc) is 2.75. The molecule has 0 saturated carbocycles. The van der Waals surface area contributed by atoms with Gasteiger partial charge in [-0.3, -0.25) is 0 Å². The molecular formula is C18H22O18. The molecule has 0 aromatic heterocycles. The summed E-state index contributed by atoms with van der Waals surface area (Å²) in [5.41, 5.74) is 0. The molecule has 18 heteroatoms. The molecule has 18 nitrogen and oxygen atoms in total. The van der Waals surface area contributed by atoms with E-state index in [1.54, 1.807) is 0 Å². The lowest BCUT2D eigenvalue weighted by atomic mass is 10.5. The Morgan fingerprint density at radius 3 is 0.417 bits per heavy atom. The van der Waals surface area contributed by atoms with Crippen LogP contribution < -0.4 is 0 Å². The topological polar surface area (TPSA) is 339 Å². The third-order valence-corrected chi connectivity index (χ3v) is 1.57. The van der Waals surface area contributed by atoms with Crippen molar-refractivity contribution < 1.29 is 89.4 Å². The van der Waals surface area contributed by atoms with Gasteiger partial charge < -0.3 is 51.1 Å². The summed E-state index contributed by atoms with van der Waals surface area (Å²) in [5.74, 6) is -10.1. The first-order chi connectivity index (χ1) is 16.4. The molecule has 0 bridgehead atoms. The second-order valence-corrected chi connectivity index (χ2v) is 4.49. The van der Waals surface area contributed by atoms with Crippen molar-refractivity contribution in [3.05, 3.63) is 48.6 Å². The third kappa shape index (κ3) is 89.4. The van der Waals surface area contributed by atoms with Gasteiger partial charge in [0, 0.05) is 48.6 Å². The van der Waals surface area contributed by atoms with Crippen LogP contribution in [0, 0.1) is 0 Å². The van der Waals surface area contributed by atoms with E-state index in [1.165, 1.54) is 0 Å². The Morgan fingerprint density at radius 1 is 0.306 bits per heavy atom. The van der Waals surface area contributed by atoms with Gasteiger partial charge in [0.2, 0.25) is 0 Å². The predicted octanol–water partition coefficient (Wildman–Crippen LogP) is -2.18. The van der Waals surface area contributed by atoms with Crippen LogP contribution in [0.15, 0.2) is 48.6 Å². The van der Waals surface area contributed by atoms with Crippen molar-refractivity contribution in [3.63, 3.8) is 0 Å². The molecule has 202 valence electrons. The maximum absolute atomic E-state index is 9.55. The van der Waals surface area contributed by atoms with Gasteiger partial charge in [0.05, 0.1) is 13.2 Å². The van der Waals surface area contributed by atoms with Gasteiger partial charge in [0.25, 0.3) is 0 Å². The lowest BCUT2D eigenvalue weighted by molar-refractivity contribution is -0.134. The van der Waals surface area contributed by atoms with Crippen LogP contribution in [0.2, 0.25) is 0 Å². The maximum Gasteiger partial charge on any atom is 0.328 e. The van der Waals surface area contributed by atoms with E-state index in [2.05, 4.69) is 0 Å². The molecule has 0 aromatic rings. The van der Waals surface area contributed by atoms with Gasteiger partial charge in [0.15, 0.2) is 0 Å². The van der Waals surface area contributed by atoms with Crippen LogP contribution in [0.25, 0.3) is 0 Å². The number of aliphatic hydroxyl groups excluding tert-OH is 2. The number of carboxylic acids is 8. The summed E-state index contributed by atoms with van der Waals surface area (Å²) in [6.45, 7) is -0.250. The Morgan fingerprint density at radius 2 is 0.389 bits per heavy atom. The van der Waals surface area contributed by atoms with Crippen LogP contribution in [0.3, 0.4) is 0 Å². The lowest BCUT2D eigenvalue weighted by Crippen LogP contribution is -1.91. The van der Waals surface area contributed by atoms with E-state index >= 15 is 0 Å². The molecule has 36 heavy (non-hydrogen) atoms. The van der Waals surface area contributed by atoms with Crippen molar-refractivity contribution >= 4 is 47.8 Å². The second-order valence-electron chi connectivity index (χ2n) is 4.49. The molecule has 10 N–H and O–H groups in total. The van der Waals surface area contributed by atoms with Crippen LogP contribution in [0.5, 0.6) is 0 Å². The van der Waals surface area contributed by atoms with E-state index in [-0.39, 0.29) is 13.2 Å². The van der Waals surface area contributed by atoms with Crippen molar-refractivity contribution in [2.75, 3.05) is 13.2 Å². The minimum absolute atomic E-state index is 0.125. The number of carbonyl (C=O) groups is 8. The molecule has 0 aliphatic heterocycles. The number of aliphatic carboxylic acids is 8.